The van der Waals surface area contributed by atoms with E-state index < -0.39 is 15.0 Å². The summed E-state index contributed by atoms with van der Waals surface area (Å²) in [5.41, 5.74) is 0.521. The minimum atomic E-state index is -3.96. The Morgan fingerprint density at radius 1 is 1.22 bits per heavy atom. The van der Waals surface area contributed by atoms with E-state index in [0.717, 1.165) is 6.07 Å². The molecule has 23 heavy (non-hydrogen) atoms. The molecule has 2 aromatic rings. The summed E-state index contributed by atoms with van der Waals surface area (Å²) in [6.45, 7) is 1.62. The minimum Gasteiger partial charge on any atom is -0.504 e. The first-order valence-corrected chi connectivity index (χ1v) is 9.21. The van der Waals surface area contributed by atoms with E-state index in [-0.39, 0.29) is 31.9 Å². The zero-order valence-electron chi connectivity index (χ0n) is 11.6. The Kier molecular flexibility index (Phi) is 5.10. The number of nitrogens with one attached hydrogen (secondary N) is 1. The van der Waals surface area contributed by atoms with Crippen LogP contribution < -0.4 is 5.32 Å². The van der Waals surface area contributed by atoms with Crippen molar-refractivity contribution in [1.82, 2.24) is 0 Å². The minimum absolute atomic E-state index is 0.00901. The normalized spacial score (nSPS) is 11.3. The molecule has 0 aliphatic carbocycles. The van der Waals surface area contributed by atoms with Gasteiger partial charge >= 0.3 is 0 Å². The number of carbonyl (C=O) groups is 1. The van der Waals surface area contributed by atoms with Gasteiger partial charge in [0.15, 0.2) is 5.75 Å². The van der Waals surface area contributed by atoms with Gasteiger partial charge in [-0.05, 0) is 36.8 Å². The molecule has 0 spiro atoms. The molecule has 2 aromatic carbocycles. The molecule has 122 valence electrons. The zero-order chi connectivity index (χ0) is 17.4. The van der Waals surface area contributed by atoms with Crippen LogP contribution in [0.3, 0.4) is 0 Å². The molecule has 5 nitrogen and oxygen atoms in total. The quantitative estimate of drug-likeness (QED) is 0.604. The highest BCUT2D eigenvalue weighted by Gasteiger charge is 2.17. The van der Waals surface area contributed by atoms with Crippen LogP contribution in [-0.4, -0.2) is 19.4 Å². The van der Waals surface area contributed by atoms with Gasteiger partial charge in [0.2, 0.25) is 0 Å². The molecule has 0 heterocycles. The topological polar surface area (TPSA) is 83.5 Å². The molecular weight excluding hydrogens is 385 g/mol. The molecule has 0 aromatic heterocycles. The molecular formula is C14H10Cl3NO4S. The lowest BCUT2D eigenvalue weighted by Gasteiger charge is -2.12. The largest absolute Gasteiger partial charge is 0.504 e. The van der Waals surface area contributed by atoms with Crippen LogP contribution in [0.5, 0.6) is 5.75 Å². The predicted octanol–water partition coefficient (Wildman–Crippen LogP) is 4.19. The van der Waals surface area contributed by atoms with Crippen molar-refractivity contribution in [2.75, 3.05) is 5.32 Å². The lowest BCUT2D eigenvalue weighted by Crippen LogP contribution is -2.12. The number of hydrogen-bond acceptors (Lipinski definition) is 4. The van der Waals surface area contributed by atoms with Crippen LogP contribution in [0.4, 0.5) is 5.69 Å². The summed E-state index contributed by atoms with van der Waals surface area (Å²) in [5.74, 6) is -0.985. The third-order valence-corrected chi connectivity index (χ3v) is 5.25. The third-order valence-electron chi connectivity index (χ3n) is 3.05. The standard InChI is InChI=1S/C14H10Cl3NO4S/c1-7-10(15)6-11(13(19)12(7)16)18-14(20)8-3-2-4-9(5-8)23(17,21)22/h2-6,19H,1H3,(H,18,20). The Morgan fingerprint density at radius 2 is 1.87 bits per heavy atom. The van der Waals surface area contributed by atoms with Gasteiger partial charge in [0.25, 0.3) is 15.0 Å². The molecule has 0 atom stereocenters. The number of phenolic OH excluding ortho intramolecular Hbond substituents is 1. The summed E-state index contributed by atoms with van der Waals surface area (Å²) in [6, 6.07) is 6.49. The average Bonchev–Trinajstić information content (AvgIpc) is 2.49. The van der Waals surface area contributed by atoms with Gasteiger partial charge < -0.3 is 10.4 Å². The van der Waals surface area contributed by atoms with Gasteiger partial charge in [-0.25, -0.2) is 8.42 Å². The first-order valence-electron chi connectivity index (χ1n) is 6.15. The van der Waals surface area contributed by atoms with E-state index in [1.807, 2.05) is 0 Å². The van der Waals surface area contributed by atoms with Crippen molar-refractivity contribution in [2.45, 2.75) is 11.8 Å². The number of aromatic hydroxyl groups is 1. The maximum Gasteiger partial charge on any atom is 0.261 e. The van der Waals surface area contributed by atoms with Gasteiger partial charge in [0.05, 0.1) is 15.6 Å². The van der Waals surface area contributed by atoms with Crippen molar-refractivity contribution < 1.29 is 18.3 Å². The van der Waals surface area contributed by atoms with Crippen molar-refractivity contribution in [1.29, 1.82) is 0 Å². The summed E-state index contributed by atoms with van der Waals surface area (Å²) in [5, 5.41) is 12.7. The molecule has 1 amide bonds. The summed E-state index contributed by atoms with van der Waals surface area (Å²) < 4.78 is 22.6. The number of phenols is 1. The Balaban J connectivity index is 2.38. The molecule has 0 fully saturated rings. The highest BCUT2D eigenvalue weighted by Crippen LogP contribution is 2.38. The predicted molar refractivity (Wildman–Crippen MR) is 90.3 cm³/mol. The van der Waals surface area contributed by atoms with Crippen LogP contribution in [0.15, 0.2) is 35.2 Å². The molecule has 2 N–H and O–H groups in total. The summed E-state index contributed by atoms with van der Waals surface area (Å²) in [6.07, 6.45) is 0. The van der Waals surface area contributed by atoms with E-state index in [1.54, 1.807) is 6.92 Å². The Bertz CT molecular complexity index is 897. The van der Waals surface area contributed by atoms with Crippen LogP contribution in [0.1, 0.15) is 15.9 Å². The van der Waals surface area contributed by atoms with Crippen LogP contribution in [-0.2, 0) is 9.05 Å². The second-order valence-corrected chi connectivity index (χ2v) is 7.96. The lowest BCUT2D eigenvalue weighted by molar-refractivity contribution is 0.102. The molecule has 0 unspecified atom stereocenters. The monoisotopic (exact) mass is 393 g/mol. The fourth-order valence-electron chi connectivity index (χ4n) is 1.78. The maximum atomic E-state index is 12.2. The third kappa shape index (κ3) is 3.90. The van der Waals surface area contributed by atoms with Gasteiger partial charge in [0, 0.05) is 21.3 Å². The van der Waals surface area contributed by atoms with E-state index in [0.29, 0.717) is 5.56 Å². The Morgan fingerprint density at radius 3 is 2.48 bits per heavy atom. The first kappa shape index (κ1) is 17.9. The number of benzene rings is 2. The first-order chi connectivity index (χ1) is 10.6. The maximum absolute atomic E-state index is 12.2. The van der Waals surface area contributed by atoms with Crippen LogP contribution in [0, 0.1) is 6.92 Å². The molecule has 9 heteroatoms. The second kappa shape index (κ2) is 6.57. The number of hydrogen-bond donors (Lipinski definition) is 2. The molecule has 2 rings (SSSR count). The molecule has 0 bridgehead atoms. The van der Waals surface area contributed by atoms with Crippen LogP contribution in [0.25, 0.3) is 0 Å². The van der Waals surface area contributed by atoms with Crippen molar-refractivity contribution in [3.63, 3.8) is 0 Å². The molecule has 0 aliphatic heterocycles. The fourth-order valence-corrected chi connectivity index (χ4v) is 3.04. The summed E-state index contributed by atoms with van der Waals surface area (Å²) in [4.78, 5) is 12.0. The lowest BCUT2D eigenvalue weighted by atomic mass is 10.1. The van der Waals surface area contributed by atoms with Crippen molar-refractivity contribution in [3.05, 3.63) is 51.5 Å². The molecule has 0 saturated heterocycles. The summed E-state index contributed by atoms with van der Waals surface area (Å²) >= 11 is 11.9. The number of carbonyl (C=O) groups excluding carboxylic acids is 1. The van der Waals surface area contributed by atoms with Crippen LogP contribution in [0.2, 0.25) is 10.0 Å². The zero-order valence-corrected chi connectivity index (χ0v) is 14.7. The SMILES string of the molecule is Cc1c(Cl)cc(NC(=O)c2cccc(S(=O)(=O)Cl)c2)c(O)c1Cl. The average molecular weight is 395 g/mol. The van der Waals surface area contributed by atoms with Crippen molar-refractivity contribution >= 4 is 54.5 Å². The Hall–Kier alpha value is -1.47. The number of amides is 1. The Labute approximate surface area is 147 Å². The second-order valence-electron chi connectivity index (χ2n) is 4.61. The van der Waals surface area contributed by atoms with E-state index in [1.165, 1.54) is 24.3 Å². The van der Waals surface area contributed by atoms with E-state index in [2.05, 4.69) is 5.32 Å². The van der Waals surface area contributed by atoms with Crippen LogP contribution >= 0.6 is 33.9 Å². The van der Waals surface area contributed by atoms with Crippen molar-refractivity contribution in [2.24, 2.45) is 0 Å². The van der Waals surface area contributed by atoms with Gasteiger partial charge in [-0.2, -0.15) is 0 Å². The molecule has 0 saturated carbocycles. The van der Waals surface area contributed by atoms with E-state index >= 15 is 0 Å². The smallest absolute Gasteiger partial charge is 0.261 e. The molecule has 0 radical (unpaired) electrons. The summed E-state index contributed by atoms with van der Waals surface area (Å²) in [7, 11) is 1.29. The number of rotatable bonds is 3. The van der Waals surface area contributed by atoms with E-state index in [9.17, 15) is 18.3 Å². The van der Waals surface area contributed by atoms with Gasteiger partial charge in [-0.1, -0.05) is 29.3 Å². The highest BCUT2D eigenvalue weighted by atomic mass is 35.7. The number of anilines is 1. The molecule has 0 aliphatic rings. The van der Waals surface area contributed by atoms with Gasteiger partial charge in [-0.15, -0.1) is 0 Å². The van der Waals surface area contributed by atoms with Gasteiger partial charge in [0.1, 0.15) is 0 Å². The van der Waals surface area contributed by atoms with E-state index in [4.69, 9.17) is 33.9 Å². The van der Waals surface area contributed by atoms with Gasteiger partial charge in [-0.3, -0.25) is 4.79 Å². The highest BCUT2D eigenvalue weighted by molar-refractivity contribution is 8.13. The fraction of sp³-hybridized carbons (Fsp3) is 0.0714. The number of halogens is 3. The van der Waals surface area contributed by atoms with Crippen molar-refractivity contribution in [3.8, 4) is 5.75 Å².